The highest BCUT2D eigenvalue weighted by molar-refractivity contribution is 5.21. The Morgan fingerprint density at radius 2 is 1.96 bits per heavy atom. The molecule has 3 aliphatic rings. The maximum absolute atomic E-state index is 10.4. The van der Waals surface area contributed by atoms with Crippen molar-refractivity contribution in [1.82, 2.24) is 0 Å². The summed E-state index contributed by atoms with van der Waals surface area (Å²) in [6.07, 6.45) is 17.0. The first-order chi connectivity index (χ1) is 11.7. The fourth-order valence-electron chi connectivity index (χ4n) is 5.13. The van der Waals surface area contributed by atoms with Crippen LogP contribution >= 0.6 is 0 Å². The van der Waals surface area contributed by atoms with Gasteiger partial charge in [-0.15, -0.1) is 0 Å². The molecule has 0 saturated heterocycles. The van der Waals surface area contributed by atoms with E-state index >= 15 is 0 Å². The summed E-state index contributed by atoms with van der Waals surface area (Å²) in [4.78, 5) is 0. The van der Waals surface area contributed by atoms with Crippen LogP contribution in [0.15, 0.2) is 23.8 Å². The van der Waals surface area contributed by atoms with Crippen molar-refractivity contribution in [2.24, 2.45) is 23.7 Å². The Kier molecular flexibility index (Phi) is 6.54. The van der Waals surface area contributed by atoms with Gasteiger partial charge < -0.3 is 15.3 Å². The van der Waals surface area contributed by atoms with Gasteiger partial charge in [-0.1, -0.05) is 43.1 Å². The minimum absolute atomic E-state index is 0.206. The maximum atomic E-state index is 10.4. The van der Waals surface area contributed by atoms with E-state index in [4.69, 9.17) is 5.11 Å². The predicted molar refractivity (Wildman–Crippen MR) is 96.5 cm³/mol. The Morgan fingerprint density at radius 1 is 1.17 bits per heavy atom. The van der Waals surface area contributed by atoms with Crippen LogP contribution in [0, 0.1) is 23.7 Å². The third-order valence-electron chi connectivity index (χ3n) is 6.52. The molecule has 0 spiro atoms. The molecule has 0 radical (unpaired) electrons. The van der Waals surface area contributed by atoms with Gasteiger partial charge >= 0.3 is 0 Å². The molecule has 3 rings (SSSR count). The molecule has 3 N–H and O–H groups in total. The number of allylic oxidation sites excluding steroid dienone is 2. The summed E-state index contributed by atoms with van der Waals surface area (Å²) >= 11 is 0. The van der Waals surface area contributed by atoms with Crippen LogP contribution in [0.1, 0.15) is 64.2 Å². The van der Waals surface area contributed by atoms with Crippen molar-refractivity contribution in [3.8, 4) is 0 Å². The Labute approximate surface area is 146 Å². The van der Waals surface area contributed by atoms with Crippen molar-refractivity contribution in [2.45, 2.75) is 76.4 Å². The van der Waals surface area contributed by atoms with Gasteiger partial charge in [-0.05, 0) is 62.7 Å². The molecule has 5 atom stereocenters. The number of aliphatic hydroxyl groups excluding tert-OH is 3. The second-order valence-electron chi connectivity index (χ2n) is 8.19. The zero-order chi connectivity index (χ0) is 16.9. The predicted octanol–water partition coefficient (Wildman–Crippen LogP) is 3.59. The molecule has 0 aromatic carbocycles. The molecule has 0 bridgehead atoms. The van der Waals surface area contributed by atoms with Crippen LogP contribution < -0.4 is 0 Å². The van der Waals surface area contributed by atoms with E-state index in [9.17, 15) is 10.2 Å². The summed E-state index contributed by atoms with van der Waals surface area (Å²) in [5, 5.41) is 29.6. The zero-order valence-electron chi connectivity index (χ0n) is 14.8. The van der Waals surface area contributed by atoms with Gasteiger partial charge in [0, 0.05) is 12.5 Å². The van der Waals surface area contributed by atoms with E-state index in [1.807, 2.05) is 6.08 Å². The van der Waals surface area contributed by atoms with E-state index in [1.54, 1.807) is 5.57 Å². The van der Waals surface area contributed by atoms with Gasteiger partial charge in [-0.25, -0.2) is 0 Å². The minimum Gasteiger partial charge on any atom is -0.396 e. The lowest BCUT2D eigenvalue weighted by Gasteiger charge is -2.20. The molecule has 0 heterocycles. The topological polar surface area (TPSA) is 60.7 Å². The quantitative estimate of drug-likeness (QED) is 0.469. The van der Waals surface area contributed by atoms with Gasteiger partial charge in [0.25, 0.3) is 0 Å². The van der Waals surface area contributed by atoms with Crippen LogP contribution in [-0.4, -0.2) is 34.1 Å². The highest BCUT2D eigenvalue weighted by Crippen LogP contribution is 2.48. The fourth-order valence-corrected chi connectivity index (χ4v) is 5.13. The SMILES string of the molecule is OCCCCCC1=C[C@H]2C[C@@H](O)[C@@H](/C=C\[C@@H](O)C3CCCC3)[C@H]2C1. The van der Waals surface area contributed by atoms with E-state index in [2.05, 4.69) is 12.2 Å². The number of aliphatic hydroxyl groups is 3. The second-order valence-corrected chi connectivity index (χ2v) is 8.19. The Balaban J connectivity index is 1.51. The first kappa shape index (κ1) is 18.2. The number of rotatable bonds is 8. The van der Waals surface area contributed by atoms with Crippen molar-refractivity contribution in [1.29, 1.82) is 0 Å². The van der Waals surface area contributed by atoms with Crippen LogP contribution in [-0.2, 0) is 0 Å². The normalized spacial score (nSPS) is 34.9. The van der Waals surface area contributed by atoms with Gasteiger partial charge in [0.15, 0.2) is 0 Å². The van der Waals surface area contributed by atoms with E-state index in [1.165, 1.54) is 12.8 Å². The van der Waals surface area contributed by atoms with Crippen molar-refractivity contribution >= 4 is 0 Å². The molecule has 136 valence electrons. The molecule has 0 aromatic rings. The van der Waals surface area contributed by atoms with Crippen molar-refractivity contribution in [3.63, 3.8) is 0 Å². The number of unbranched alkanes of at least 4 members (excludes halogenated alkanes) is 2. The van der Waals surface area contributed by atoms with E-state index in [-0.39, 0.29) is 18.1 Å². The molecule has 2 fully saturated rings. The monoisotopic (exact) mass is 334 g/mol. The molecule has 3 aliphatic carbocycles. The van der Waals surface area contributed by atoms with Gasteiger partial charge in [0.1, 0.15) is 0 Å². The van der Waals surface area contributed by atoms with E-state index in [0.29, 0.717) is 24.4 Å². The largest absolute Gasteiger partial charge is 0.396 e. The van der Waals surface area contributed by atoms with E-state index < -0.39 is 0 Å². The fraction of sp³-hybridized carbons (Fsp3) is 0.810. The Morgan fingerprint density at radius 3 is 2.71 bits per heavy atom. The Hall–Kier alpha value is -0.640. The molecule has 3 heteroatoms. The molecular formula is C21H34O3. The maximum Gasteiger partial charge on any atom is 0.0749 e. The summed E-state index contributed by atoms with van der Waals surface area (Å²) in [5.74, 6) is 1.68. The standard InChI is InChI=1S/C21H34O3/c22-11-5-1-2-6-15-12-17-14-21(24)18(19(17)13-15)9-10-20(23)16-7-3-4-8-16/h9-10,12,16-24H,1-8,11,13-14H2/b10-9-/t17-,18-,19-,20+,21+/m0/s1. The molecule has 0 aromatic heterocycles. The first-order valence-electron chi connectivity index (χ1n) is 10.0. The van der Waals surface area contributed by atoms with Gasteiger partial charge in [0.2, 0.25) is 0 Å². The summed E-state index contributed by atoms with van der Waals surface area (Å²) in [7, 11) is 0. The molecule has 24 heavy (non-hydrogen) atoms. The highest BCUT2D eigenvalue weighted by Gasteiger charge is 2.43. The Bertz CT molecular complexity index is 450. The van der Waals surface area contributed by atoms with Crippen LogP contribution in [0.3, 0.4) is 0 Å². The highest BCUT2D eigenvalue weighted by atomic mass is 16.3. The van der Waals surface area contributed by atoms with Gasteiger partial charge in [-0.3, -0.25) is 0 Å². The van der Waals surface area contributed by atoms with Gasteiger partial charge in [0.05, 0.1) is 12.2 Å². The van der Waals surface area contributed by atoms with Crippen LogP contribution in [0.25, 0.3) is 0 Å². The minimum atomic E-state index is -0.328. The first-order valence-corrected chi connectivity index (χ1v) is 10.0. The van der Waals surface area contributed by atoms with Crippen LogP contribution in [0.2, 0.25) is 0 Å². The average molecular weight is 335 g/mol. The summed E-state index contributed by atoms with van der Waals surface area (Å²) in [5.41, 5.74) is 1.55. The number of fused-ring (bicyclic) bond motifs is 1. The smallest absolute Gasteiger partial charge is 0.0749 e. The third-order valence-corrected chi connectivity index (χ3v) is 6.52. The van der Waals surface area contributed by atoms with Crippen molar-refractivity contribution < 1.29 is 15.3 Å². The molecule has 0 amide bonds. The summed E-state index contributed by atoms with van der Waals surface area (Å²) in [6, 6.07) is 0. The molecule has 0 aliphatic heterocycles. The second kappa shape index (κ2) is 8.64. The van der Waals surface area contributed by atoms with Crippen LogP contribution in [0.5, 0.6) is 0 Å². The summed E-state index contributed by atoms with van der Waals surface area (Å²) in [6.45, 7) is 0.298. The number of hydrogen-bond donors (Lipinski definition) is 3. The lowest BCUT2D eigenvalue weighted by molar-refractivity contribution is 0.135. The molecular weight excluding hydrogens is 300 g/mol. The summed E-state index contributed by atoms with van der Waals surface area (Å²) < 4.78 is 0. The van der Waals surface area contributed by atoms with Crippen molar-refractivity contribution in [2.75, 3.05) is 6.61 Å². The molecule has 0 unspecified atom stereocenters. The van der Waals surface area contributed by atoms with Crippen LogP contribution in [0.4, 0.5) is 0 Å². The van der Waals surface area contributed by atoms with Gasteiger partial charge in [-0.2, -0.15) is 0 Å². The molecule has 2 saturated carbocycles. The number of hydrogen-bond acceptors (Lipinski definition) is 3. The zero-order valence-corrected chi connectivity index (χ0v) is 14.8. The lowest BCUT2D eigenvalue weighted by atomic mass is 9.88. The lowest BCUT2D eigenvalue weighted by Crippen LogP contribution is -2.19. The molecule has 3 nitrogen and oxygen atoms in total. The van der Waals surface area contributed by atoms with Crippen molar-refractivity contribution in [3.05, 3.63) is 23.8 Å². The van der Waals surface area contributed by atoms with E-state index in [0.717, 1.165) is 51.4 Å². The average Bonchev–Trinajstić information content (AvgIpc) is 3.26. The third kappa shape index (κ3) is 4.30.